The Morgan fingerprint density at radius 3 is 2.70 bits per heavy atom. The van der Waals surface area contributed by atoms with Crippen molar-refractivity contribution in [2.75, 3.05) is 5.32 Å². The smallest absolute Gasteiger partial charge is 0.337 e. The summed E-state index contributed by atoms with van der Waals surface area (Å²) in [5, 5.41) is 11.7. The molecule has 0 saturated carbocycles. The van der Waals surface area contributed by atoms with Gasteiger partial charge < -0.3 is 10.4 Å². The zero-order valence-corrected chi connectivity index (χ0v) is 11.2. The average Bonchev–Trinajstić information content (AvgIpc) is 2.40. The van der Waals surface area contributed by atoms with Crippen molar-refractivity contribution in [1.29, 1.82) is 0 Å². The number of halogens is 1. The number of anilines is 1. The maximum Gasteiger partial charge on any atom is 0.337 e. The summed E-state index contributed by atoms with van der Waals surface area (Å²) < 4.78 is 0. The molecular weight excluding hydrogens is 282 g/mol. The summed E-state index contributed by atoms with van der Waals surface area (Å²) in [4.78, 5) is 30.7. The number of hydrogen-bond acceptors (Lipinski definition) is 4. The van der Waals surface area contributed by atoms with Crippen LogP contribution < -0.4 is 5.32 Å². The molecule has 2 N–H and O–H groups in total. The lowest BCUT2D eigenvalue weighted by Gasteiger charge is -2.11. The van der Waals surface area contributed by atoms with Crippen LogP contribution in [-0.4, -0.2) is 27.0 Å². The first-order valence-corrected chi connectivity index (χ1v) is 5.98. The van der Waals surface area contributed by atoms with E-state index >= 15 is 0 Å². The highest BCUT2D eigenvalue weighted by molar-refractivity contribution is 6.29. The Balaban J connectivity index is 2.35. The van der Waals surface area contributed by atoms with E-state index in [4.69, 9.17) is 16.7 Å². The van der Waals surface area contributed by atoms with Crippen molar-refractivity contribution >= 4 is 29.2 Å². The number of nitrogens with one attached hydrogen (secondary N) is 1. The van der Waals surface area contributed by atoms with E-state index in [9.17, 15) is 9.59 Å². The van der Waals surface area contributed by atoms with E-state index in [1.54, 1.807) is 19.1 Å². The minimum Gasteiger partial charge on any atom is -0.478 e. The molecule has 2 rings (SSSR count). The quantitative estimate of drug-likeness (QED) is 0.906. The topological polar surface area (TPSA) is 92.2 Å². The number of aromatic nitrogens is 2. The van der Waals surface area contributed by atoms with Crippen LogP contribution in [0.2, 0.25) is 5.15 Å². The van der Waals surface area contributed by atoms with Gasteiger partial charge in [0.05, 0.1) is 23.6 Å². The van der Waals surface area contributed by atoms with Crippen molar-refractivity contribution in [3.05, 3.63) is 52.6 Å². The summed E-state index contributed by atoms with van der Waals surface area (Å²) in [6.45, 7) is 1.70. The molecule has 102 valence electrons. The van der Waals surface area contributed by atoms with Gasteiger partial charge in [-0.1, -0.05) is 23.7 Å². The number of amides is 1. The van der Waals surface area contributed by atoms with E-state index in [2.05, 4.69) is 15.3 Å². The molecule has 1 aromatic carbocycles. The van der Waals surface area contributed by atoms with Crippen LogP contribution in [0.3, 0.4) is 0 Å². The minimum absolute atomic E-state index is 0.00772. The van der Waals surface area contributed by atoms with E-state index in [1.165, 1.54) is 18.5 Å². The van der Waals surface area contributed by atoms with Crippen molar-refractivity contribution in [2.24, 2.45) is 0 Å². The van der Waals surface area contributed by atoms with Gasteiger partial charge in [0.25, 0.3) is 5.91 Å². The van der Waals surface area contributed by atoms with Gasteiger partial charge in [-0.25, -0.2) is 9.78 Å². The number of para-hydroxylation sites is 1. The molecule has 1 heterocycles. The Morgan fingerprint density at radius 1 is 1.30 bits per heavy atom. The Kier molecular flexibility index (Phi) is 3.95. The van der Waals surface area contributed by atoms with Gasteiger partial charge in [0.15, 0.2) is 0 Å². The first-order valence-electron chi connectivity index (χ1n) is 5.61. The van der Waals surface area contributed by atoms with Gasteiger partial charge in [-0.05, 0) is 18.6 Å². The molecule has 0 spiro atoms. The Morgan fingerprint density at radius 2 is 2.05 bits per heavy atom. The van der Waals surface area contributed by atoms with Gasteiger partial charge in [-0.15, -0.1) is 0 Å². The number of carboxylic acid groups (broad SMARTS) is 1. The van der Waals surface area contributed by atoms with Crippen molar-refractivity contribution in [2.45, 2.75) is 6.92 Å². The summed E-state index contributed by atoms with van der Waals surface area (Å²) in [6.07, 6.45) is 2.55. The van der Waals surface area contributed by atoms with E-state index in [0.717, 1.165) is 0 Å². The average molecular weight is 292 g/mol. The number of hydrogen-bond donors (Lipinski definition) is 2. The van der Waals surface area contributed by atoms with Crippen molar-refractivity contribution < 1.29 is 14.7 Å². The Bertz CT molecular complexity index is 688. The molecule has 0 bridgehead atoms. The lowest BCUT2D eigenvalue weighted by atomic mass is 10.1. The third-order valence-corrected chi connectivity index (χ3v) is 2.76. The summed E-state index contributed by atoms with van der Waals surface area (Å²) in [7, 11) is 0. The van der Waals surface area contributed by atoms with Crippen LogP contribution in [0.15, 0.2) is 30.6 Å². The number of nitrogens with zero attached hydrogens (tertiary/aromatic N) is 2. The van der Waals surface area contributed by atoms with Gasteiger partial charge in [0.2, 0.25) is 0 Å². The van der Waals surface area contributed by atoms with Crippen LogP contribution in [0.5, 0.6) is 0 Å². The third kappa shape index (κ3) is 2.92. The standard InChI is InChI=1S/C13H10ClN3O3/c1-7-3-2-4-8(13(19)20)11(7)17-12(18)9-5-15-6-10(14)16-9/h2-6H,1H3,(H,17,18)(H,19,20). The highest BCUT2D eigenvalue weighted by atomic mass is 35.5. The molecule has 0 fully saturated rings. The first kappa shape index (κ1) is 14.0. The summed E-state index contributed by atoms with van der Waals surface area (Å²) >= 11 is 5.66. The number of carboxylic acids is 1. The lowest BCUT2D eigenvalue weighted by Crippen LogP contribution is -2.17. The molecule has 1 aromatic heterocycles. The molecule has 0 aliphatic carbocycles. The fraction of sp³-hybridized carbons (Fsp3) is 0.0769. The van der Waals surface area contributed by atoms with E-state index < -0.39 is 11.9 Å². The highest BCUT2D eigenvalue weighted by Crippen LogP contribution is 2.21. The van der Waals surface area contributed by atoms with Gasteiger partial charge in [-0.3, -0.25) is 9.78 Å². The summed E-state index contributed by atoms with van der Waals surface area (Å²) in [5.41, 5.74) is 0.880. The number of carbonyl (C=O) groups excluding carboxylic acids is 1. The number of benzene rings is 1. The SMILES string of the molecule is Cc1cccc(C(=O)O)c1NC(=O)c1cncc(Cl)n1. The predicted molar refractivity (Wildman–Crippen MR) is 73.1 cm³/mol. The molecule has 0 radical (unpaired) electrons. The molecule has 7 heteroatoms. The zero-order valence-electron chi connectivity index (χ0n) is 10.4. The second kappa shape index (κ2) is 5.66. The van der Waals surface area contributed by atoms with Crippen LogP contribution in [0.25, 0.3) is 0 Å². The van der Waals surface area contributed by atoms with Gasteiger partial charge in [0.1, 0.15) is 10.8 Å². The van der Waals surface area contributed by atoms with E-state index in [-0.39, 0.29) is 22.1 Å². The molecule has 0 unspecified atom stereocenters. The molecule has 1 amide bonds. The Labute approximate surface area is 119 Å². The first-order chi connectivity index (χ1) is 9.49. The fourth-order valence-corrected chi connectivity index (χ4v) is 1.79. The molecule has 0 saturated heterocycles. The van der Waals surface area contributed by atoms with Gasteiger partial charge >= 0.3 is 5.97 Å². The summed E-state index contributed by atoms with van der Waals surface area (Å²) in [6, 6.07) is 4.72. The predicted octanol–water partition coefficient (Wildman–Crippen LogP) is 2.39. The van der Waals surface area contributed by atoms with Crippen LogP contribution in [0.4, 0.5) is 5.69 Å². The van der Waals surface area contributed by atoms with Crippen molar-refractivity contribution in [3.63, 3.8) is 0 Å². The summed E-state index contributed by atoms with van der Waals surface area (Å²) in [5.74, 6) is -1.70. The van der Waals surface area contributed by atoms with Crippen LogP contribution in [0.1, 0.15) is 26.4 Å². The van der Waals surface area contributed by atoms with Crippen LogP contribution in [-0.2, 0) is 0 Å². The highest BCUT2D eigenvalue weighted by Gasteiger charge is 2.16. The molecule has 6 nitrogen and oxygen atoms in total. The van der Waals surface area contributed by atoms with E-state index in [1.807, 2.05) is 0 Å². The zero-order chi connectivity index (χ0) is 14.7. The third-order valence-electron chi connectivity index (χ3n) is 2.58. The second-order valence-corrected chi connectivity index (χ2v) is 4.37. The molecule has 2 aromatic rings. The second-order valence-electron chi connectivity index (χ2n) is 3.98. The van der Waals surface area contributed by atoms with Crippen LogP contribution in [0, 0.1) is 6.92 Å². The number of aryl methyl sites for hydroxylation is 1. The molecule has 20 heavy (non-hydrogen) atoms. The van der Waals surface area contributed by atoms with E-state index in [0.29, 0.717) is 5.56 Å². The normalized spacial score (nSPS) is 10.1. The van der Waals surface area contributed by atoms with Crippen molar-refractivity contribution in [1.82, 2.24) is 9.97 Å². The molecule has 0 aliphatic rings. The fourth-order valence-electron chi connectivity index (χ4n) is 1.64. The molecule has 0 aliphatic heterocycles. The number of rotatable bonds is 3. The monoisotopic (exact) mass is 291 g/mol. The largest absolute Gasteiger partial charge is 0.478 e. The molecular formula is C13H10ClN3O3. The number of aromatic carboxylic acids is 1. The van der Waals surface area contributed by atoms with Crippen LogP contribution >= 0.6 is 11.6 Å². The maximum absolute atomic E-state index is 12.0. The number of carbonyl (C=O) groups is 2. The lowest BCUT2D eigenvalue weighted by molar-refractivity contribution is 0.0698. The van der Waals surface area contributed by atoms with Gasteiger partial charge in [0, 0.05) is 0 Å². The minimum atomic E-state index is -1.12. The Hall–Kier alpha value is -2.47. The van der Waals surface area contributed by atoms with Crippen molar-refractivity contribution in [3.8, 4) is 0 Å². The van der Waals surface area contributed by atoms with Gasteiger partial charge in [-0.2, -0.15) is 0 Å². The maximum atomic E-state index is 12.0. The molecule has 0 atom stereocenters.